The predicted octanol–water partition coefficient (Wildman–Crippen LogP) is 1.91. The number of hydrogen-bond donors (Lipinski definition) is 1. The highest BCUT2D eigenvalue weighted by Crippen LogP contribution is 2.32. The minimum Gasteiger partial charge on any atom is -0.378 e. The molecule has 0 aromatic heterocycles. The fourth-order valence-electron chi connectivity index (χ4n) is 3.67. The molecule has 1 N–H and O–H groups in total. The Labute approximate surface area is 117 Å². The van der Waals surface area contributed by atoms with Crippen molar-refractivity contribution in [1.29, 1.82) is 5.26 Å². The lowest BCUT2D eigenvalue weighted by molar-refractivity contribution is -0.0424. The maximum atomic E-state index is 9.56. The topological polar surface area (TPSA) is 48.3 Å². The van der Waals surface area contributed by atoms with Crippen LogP contribution in [0.15, 0.2) is 0 Å². The van der Waals surface area contributed by atoms with Crippen molar-refractivity contribution in [3.63, 3.8) is 0 Å². The van der Waals surface area contributed by atoms with E-state index in [1.54, 1.807) is 0 Å². The molecule has 0 bridgehead atoms. The van der Waals surface area contributed by atoms with Gasteiger partial charge in [-0.3, -0.25) is 10.2 Å². The van der Waals surface area contributed by atoms with E-state index in [9.17, 15) is 5.26 Å². The van der Waals surface area contributed by atoms with E-state index < -0.39 is 0 Å². The molecule has 1 saturated carbocycles. The molecule has 2 rings (SSSR count). The molecule has 0 spiro atoms. The van der Waals surface area contributed by atoms with Crippen LogP contribution < -0.4 is 5.32 Å². The van der Waals surface area contributed by atoms with Gasteiger partial charge in [-0.1, -0.05) is 13.8 Å². The van der Waals surface area contributed by atoms with Crippen LogP contribution in [0.5, 0.6) is 0 Å². The number of morpholine rings is 1. The van der Waals surface area contributed by atoms with Crippen LogP contribution in [-0.2, 0) is 4.74 Å². The molecule has 108 valence electrons. The third kappa shape index (κ3) is 3.28. The number of hydrogen-bond acceptors (Lipinski definition) is 4. The van der Waals surface area contributed by atoms with E-state index in [-0.39, 0.29) is 5.54 Å². The lowest BCUT2D eigenvalue weighted by Gasteiger charge is -2.46. The molecule has 19 heavy (non-hydrogen) atoms. The van der Waals surface area contributed by atoms with Crippen LogP contribution in [0.25, 0.3) is 0 Å². The van der Waals surface area contributed by atoms with Crippen LogP contribution >= 0.6 is 0 Å². The lowest BCUT2D eigenvalue weighted by Crippen LogP contribution is -2.57. The van der Waals surface area contributed by atoms with Crippen LogP contribution in [-0.4, -0.2) is 48.8 Å². The van der Waals surface area contributed by atoms with Gasteiger partial charge >= 0.3 is 0 Å². The molecular formula is C15H27N3O. The second kappa shape index (κ2) is 6.69. The standard InChI is InChI=1S/C15H27N3O/c1-3-13-11-19-9-8-18(13)14-6-5-7-15(10-14,12-16)17-4-2/h13-14,17H,3-11H2,1-2H3. The van der Waals surface area contributed by atoms with Crippen LogP contribution in [0.4, 0.5) is 0 Å². The summed E-state index contributed by atoms with van der Waals surface area (Å²) >= 11 is 0. The zero-order valence-corrected chi connectivity index (χ0v) is 12.3. The van der Waals surface area contributed by atoms with Gasteiger partial charge < -0.3 is 4.74 Å². The SMILES string of the molecule is CCNC1(C#N)CCCC(N2CCOCC2CC)C1. The monoisotopic (exact) mass is 265 g/mol. The summed E-state index contributed by atoms with van der Waals surface area (Å²) in [5.41, 5.74) is -0.297. The average molecular weight is 265 g/mol. The van der Waals surface area contributed by atoms with E-state index in [0.717, 1.165) is 52.0 Å². The number of nitrogens with one attached hydrogen (secondary N) is 1. The molecule has 2 aliphatic rings. The van der Waals surface area contributed by atoms with Gasteiger partial charge in [0.15, 0.2) is 0 Å². The van der Waals surface area contributed by atoms with E-state index >= 15 is 0 Å². The zero-order valence-electron chi connectivity index (χ0n) is 12.3. The summed E-state index contributed by atoms with van der Waals surface area (Å²) in [6.45, 7) is 7.92. The van der Waals surface area contributed by atoms with Gasteiger partial charge in [-0.15, -0.1) is 0 Å². The minimum atomic E-state index is -0.297. The summed E-state index contributed by atoms with van der Waals surface area (Å²) in [7, 11) is 0. The Bertz CT molecular complexity index is 324. The van der Waals surface area contributed by atoms with Gasteiger partial charge in [0.1, 0.15) is 5.54 Å². The quantitative estimate of drug-likeness (QED) is 0.843. The van der Waals surface area contributed by atoms with Gasteiger partial charge in [0.25, 0.3) is 0 Å². The van der Waals surface area contributed by atoms with E-state index in [1.807, 2.05) is 0 Å². The number of ether oxygens (including phenoxy) is 1. The molecule has 4 nitrogen and oxygen atoms in total. The van der Waals surface area contributed by atoms with Gasteiger partial charge in [-0.05, 0) is 38.6 Å². The van der Waals surface area contributed by atoms with Gasteiger partial charge in [0, 0.05) is 18.6 Å². The largest absolute Gasteiger partial charge is 0.378 e. The van der Waals surface area contributed by atoms with Crippen molar-refractivity contribution in [1.82, 2.24) is 10.2 Å². The molecule has 2 fully saturated rings. The lowest BCUT2D eigenvalue weighted by atomic mass is 9.78. The molecule has 0 aromatic carbocycles. The maximum absolute atomic E-state index is 9.56. The smallest absolute Gasteiger partial charge is 0.108 e. The van der Waals surface area contributed by atoms with Crippen LogP contribution in [0.1, 0.15) is 46.0 Å². The summed E-state index contributed by atoms with van der Waals surface area (Å²) in [6, 6.07) is 3.63. The molecule has 3 unspecified atom stereocenters. The molecule has 0 amide bonds. The van der Waals surface area contributed by atoms with E-state index in [2.05, 4.69) is 30.1 Å². The molecule has 1 aliphatic carbocycles. The Morgan fingerprint density at radius 3 is 3.00 bits per heavy atom. The van der Waals surface area contributed by atoms with Crippen molar-refractivity contribution in [2.45, 2.75) is 63.6 Å². The molecule has 4 heteroatoms. The highest BCUT2D eigenvalue weighted by molar-refractivity contribution is 5.11. The van der Waals surface area contributed by atoms with Crippen molar-refractivity contribution in [3.8, 4) is 6.07 Å². The summed E-state index contributed by atoms with van der Waals surface area (Å²) in [4.78, 5) is 2.60. The van der Waals surface area contributed by atoms with Gasteiger partial charge in [-0.2, -0.15) is 5.26 Å². The van der Waals surface area contributed by atoms with Crippen molar-refractivity contribution in [2.75, 3.05) is 26.3 Å². The fourth-order valence-corrected chi connectivity index (χ4v) is 3.67. The molecule has 1 saturated heterocycles. The number of nitrogens with zero attached hydrogens (tertiary/aromatic N) is 2. The Balaban J connectivity index is 2.05. The molecular weight excluding hydrogens is 238 g/mol. The molecule has 0 radical (unpaired) electrons. The normalized spacial score (nSPS) is 36.9. The van der Waals surface area contributed by atoms with E-state index in [4.69, 9.17) is 4.74 Å². The summed E-state index contributed by atoms with van der Waals surface area (Å²) in [5, 5.41) is 13.0. The first-order valence-electron chi connectivity index (χ1n) is 7.74. The van der Waals surface area contributed by atoms with E-state index in [0.29, 0.717) is 12.1 Å². The first-order valence-corrected chi connectivity index (χ1v) is 7.74. The highest BCUT2D eigenvalue weighted by atomic mass is 16.5. The minimum absolute atomic E-state index is 0.297. The summed E-state index contributed by atoms with van der Waals surface area (Å²) in [5.74, 6) is 0. The van der Waals surface area contributed by atoms with Crippen molar-refractivity contribution < 1.29 is 4.74 Å². The van der Waals surface area contributed by atoms with E-state index in [1.165, 1.54) is 6.42 Å². The van der Waals surface area contributed by atoms with Crippen molar-refractivity contribution in [3.05, 3.63) is 0 Å². The molecule has 1 aliphatic heterocycles. The second-order valence-electron chi connectivity index (χ2n) is 5.85. The Hall–Kier alpha value is -0.630. The Morgan fingerprint density at radius 1 is 1.47 bits per heavy atom. The first kappa shape index (κ1) is 14.8. The van der Waals surface area contributed by atoms with Crippen molar-refractivity contribution in [2.24, 2.45) is 0 Å². The molecule has 3 atom stereocenters. The molecule has 1 heterocycles. The first-order chi connectivity index (χ1) is 9.24. The number of rotatable bonds is 4. The summed E-state index contributed by atoms with van der Waals surface area (Å²) < 4.78 is 5.60. The van der Waals surface area contributed by atoms with Crippen LogP contribution in [0, 0.1) is 11.3 Å². The Kier molecular flexibility index (Phi) is 5.20. The fraction of sp³-hybridized carbons (Fsp3) is 0.933. The molecule has 0 aromatic rings. The highest BCUT2D eigenvalue weighted by Gasteiger charge is 2.40. The predicted molar refractivity (Wildman–Crippen MR) is 75.9 cm³/mol. The van der Waals surface area contributed by atoms with Gasteiger partial charge in [-0.25, -0.2) is 0 Å². The third-order valence-corrected chi connectivity index (χ3v) is 4.67. The van der Waals surface area contributed by atoms with Crippen molar-refractivity contribution >= 4 is 0 Å². The average Bonchev–Trinajstić information content (AvgIpc) is 2.47. The van der Waals surface area contributed by atoms with Crippen LogP contribution in [0.3, 0.4) is 0 Å². The zero-order chi connectivity index (χ0) is 13.7. The number of nitriles is 1. The van der Waals surface area contributed by atoms with Crippen LogP contribution in [0.2, 0.25) is 0 Å². The Morgan fingerprint density at radius 2 is 2.32 bits per heavy atom. The second-order valence-corrected chi connectivity index (χ2v) is 5.85. The summed E-state index contributed by atoms with van der Waals surface area (Å²) in [6.07, 6.45) is 5.48. The maximum Gasteiger partial charge on any atom is 0.108 e. The third-order valence-electron chi connectivity index (χ3n) is 4.67. The van der Waals surface area contributed by atoms with Gasteiger partial charge in [0.05, 0.1) is 19.3 Å². The van der Waals surface area contributed by atoms with Gasteiger partial charge in [0.2, 0.25) is 0 Å².